The number of carbonyl (C=O) groups is 2. The summed E-state index contributed by atoms with van der Waals surface area (Å²) in [6.07, 6.45) is 5.64. The van der Waals surface area contributed by atoms with E-state index in [4.69, 9.17) is 4.98 Å². The Morgan fingerprint density at radius 2 is 1.61 bits per heavy atom. The Morgan fingerprint density at radius 3 is 2.25 bits per heavy atom. The molecule has 3 saturated heterocycles. The summed E-state index contributed by atoms with van der Waals surface area (Å²) < 4.78 is 0. The van der Waals surface area contributed by atoms with Gasteiger partial charge >= 0.3 is 0 Å². The first kappa shape index (κ1) is 29.9. The number of piperidine rings is 1. The van der Waals surface area contributed by atoms with Crippen molar-refractivity contribution < 1.29 is 9.59 Å². The summed E-state index contributed by atoms with van der Waals surface area (Å²) in [6.45, 7) is 8.22. The number of carbonyl (C=O) groups excluding carboxylic acids is 2. The van der Waals surface area contributed by atoms with Gasteiger partial charge in [0.15, 0.2) is 0 Å². The van der Waals surface area contributed by atoms with Gasteiger partial charge in [-0.15, -0.1) is 0 Å². The van der Waals surface area contributed by atoms with E-state index in [-0.39, 0.29) is 23.9 Å². The molecular formula is C35H45N7O2. The molecule has 2 amide bonds. The normalized spacial score (nSPS) is 22.4. The third kappa shape index (κ3) is 6.24. The predicted molar refractivity (Wildman–Crippen MR) is 177 cm³/mol. The second-order valence-corrected chi connectivity index (χ2v) is 12.6. The van der Waals surface area contributed by atoms with E-state index in [0.29, 0.717) is 17.6 Å². The van der Waals surface area contributed by atoms with E-state index in [0.717, 1.165) is 80.1 Å². The minimum Gasteiger partial charge on any atom is -0.388 e. The molecule has 44 heavy (non-hydrogen) atoms. The number of likely N-dealkylation sites (N-methyl/N-ethyl adjacent to an activating group) is 1. The van der Waals surface area contributed by atoms with E-state index in [1.165, 1.54) is 5.69 Å². The minimum absolute atomic E-state index is 0.00820. The maximum absolute atomic E-state index is 13.1. The number of hydrogen-bond donors (Lipinski definition) is 3. The molecule has 2 unspecified atom stereocenters. The van der Waals surface area contributed by atoms with Crippen LogP contribution in [0.1, 0.15) is 70.5 Å². The van der Waals surface area contributed by atoms with Crippen LogP contribution in [-0.4, -0.2) is 80.1 Å². The molecule has 9 nitrogen and oxygen atoms in total. The SMILES string of the molecule is CNc1cccc(C(=O)NC2CC3CCC(C2)N3c2ccc(C(=O)N[C@@H](C)c3ccc(N4CCN(C)CC4)cc3)cn2)c1C. The van der Waals surface area contributed by atoms with Crippen LogP contribution in [0.25, 0.3) is 0 Å². The molecule has 2 bridgehead atoms. The van der Waals surface area contributed by atoms with Gasteiger partial charge < -0.3 is 30.7 Å². The summed E-state index contributed by atoms with van der Waals surface area (Å²) >= 11 is 0. The third-order valence-corrected chi connectivity index (χ3v) is 9.80. The van der Waals surface area contributed by atoms with E-state index >= 15 is 0 Å². The van der Waals surface area contributed by atoms with Gasteiger partial charge in [0.05, 0.1) is 11.6 Å². The van der Waals surface area contributed by atoms with E-state index in [2.05, 4.69) is 62.0 Å². The molecule has 232 valence electrons. The number of fused-ring (bicyclic) bond motifs is 2. The Bertz CT molecular complexity index is 1450. The molecule has 3 atom stereocenters. The summed E-state index contributed by atoms with van der Waals surface area (Å²) in [6, 6.07) is 18.9. The molecule has 6 rings (SSSR count). The van der Waals surface area contributed by atoms with Crippen molar-refractivity contribution in [2.45, 2.75) is 63.7 Å². The molecule has 0 spiro atoms. The minimum atomic E-state index is -0.123. The van der Waals surface area contributed by atoms with Gasteiger partial charge in [0.25, 0.3) is 11.8 Å². The fourth-order valence-corrected chi connectivity index (χ4v) is 7.16. The lowest BCUT2D eigenvalue weighted by Gasteiger charge is -2.40. The van der Waals surface area contributed by atoms with Gasteiger partial charge in [-0.25, -0.2) is 4.98 Å². The molecule has 1 aromatic heterocycles. The largest absolute Gasteiger partial charge is 0.388 e. The van der Waals surface area contributed by atoms with Crippen LogP contribution < -0.4 is 25.8 Å². The first-order valence-electron chi connectivity index (χ1n) is 16.0. The Balaban J connectivity index is 1.03. The zero-order valence-corrected chi connectivity index (χ0v) is 26.3. The maximum Gasteiger partial charge on any atom is 0.253 e. The fraction of sp³-hybridized carbons (Fsp3) is 0.457. The molecule has 0 aliphatic carbocycles. The van der Waals surface area contributed by atoms with Crippen molar-refractivity contribution in [2.24, 2.45) is 0 Å². The molecule has 9 heteroatoms. The number of benzene rings is 2. The van der Waals surface area contributed by atoms with Gasteiger partial charge in [0.2, 0.25) is 0 Å². The zero-order valence-electron chi connectivity index (χ0n) is 26.3. The Hall–Kier alpha value is -4.11. The maximum atomic E-state index is 13.1. The number of rotatable bonds is 8. The predicted octanol–water partition coefficient (Wildman–Crippen LogP) is 4.60. The number of pyridine rings is 1. The average molecular weight is 596 g/mol. The van der Waals surface area contributed by atoms with E-state index < -0.39 is 0 Å². The summed E-state index contributed by atoms with van der Waals surface area (Å²) in [7, 11) is 4.04. The molecule has 2 aromatic carbocycles. The van der Waals surface area contributed by atoms with Gasteiger partial charge in [0, 0.05) is 74.5 Å². The summed E-state index contributed by atoms with van der Waals surface area (Å²) in [5.41, 5.74) is 5.53. The number of nitrogens with zero attached hydrogens (tertiary/aromatic N) is 4. The standard InChI is InChI=1S/C35H45N7O2/c1-23-31(6-5-7-32(23)36-3)35(44)39-27-20-29-13-14-30(21-27)42(29)33-15-10-26(22-37-33)34(43)38-24(2)25-8-11-28(12-9-25)41-18-16-40(4)17-19-41/h5-12,15,22,24,27,29-30,36H,13-14,16-21H2,1-4H3,(H,38,43)(H,39,44)/t24-,27?,29?,30?/m0/s1. The highest BCUT2D eigenvalue weighted by molar-refractivity contribution is 5.97. The topological polar surface area (TPSA) is 92.8 Å². The van der Waals surface area contributed by atoms with Crippen molar-refractivity contribution in [3.05, 3.63) is 83.0 Å². The Labute approximate surface area is 261 Å². The van der Waals surface area contributed by atoms with Crippen LogP contribution in [0.4, 0.5) is 17.2 Å². The highest BCUT2D eigenvalue weighted by atomic mass is 16.2. The Kier molecular flexibility index (Phi) is 8.75. The van der Waals surface area contributed by atoms with Crippen LogP contribution in [0.3, 0.4) is 0 Å². The molecule has 3 aromatic rings. The van der Waals surface area contributed by atoms with E-state index in [1.54, 1.807) is 6.20 Å². The summed E-state index contributed by atoms with van der Waals surface area (Å²) in [5.74, 6) is 0.775. The molecule has 3 N–H and O–H groups in total. The van der Waals surface area contributed by atoms with E-state index in [1.807, 2.05) is 51.2 Å². The van der Waals surface area contributed by atoms with Gasteiger partial charge in [-0.3, -0.25) is 9.59 Å². The fourth-order valence-electron chi connectivity index (χ4n) is 7.16. The van der Waals surface area contributed by atoms with Crippen LogP contribution >= 0.6 is 0 Å². The highest BCUT2D eigenvalue weighted by Gasteiger charge is 2.42. The number of piperazine rings is 1. The molecule has 0 radical (unpaired) electrons. The summed E-state index contributed by atoms with van der Waals surface area (Å²) in [4.78, 5) is 38.2. The summed E-state index contributed by atoms with van der Waals surface area (Å²) in [5, 5.41) is 9.61. The van der Waals surface area contributed by atoms with Crippen LogP contribution in [-0.2, 0) is 0 Å². The lowest BCUT2D eigenvalue weighted by Crippen LogP contribution is -2.50. The van der Waals surface area contributed by atoms with Gasteiger partial charge in [0.1, 0.15) is 5.82 Å². The number of nitrogens with one attached hydrogen (secondary N) is 3. The molecule has 3 aliphatic heterocycles. The number of anilines is 3. The van der Waals surface area contributed by atoms with Crippen molar-refractivity contribution in [2.75, 3.05) is 55.4 Å². The second-order valence-electron chi connectivity index (χ2n) is 12.6. The molecule has 3 aliphatic rings. The van der Waals surface area contributed by atoms with Crippen molar-refractivity contribution in [3.63, 3.8) is 0 Å². The number of hydrogen-bond acceptors (Lipinski definition) is 7. The Morgan fingerprint density at radius 1 is 0.909 bits per heavy atom. The average Bonchev–Trinajstić information content (AvgIpc) is 3.31. The second kappa shape index (κ2) is 12.9. The van der Waals surface area contributed by atoms with Gasteiger partial charge in [-0.2, -0.15) is 0 Å². The number of amides is 2. The van der Waals surface area contributed by atoms with E-state index in [9.17, 15) is 9.59 Å². The lowest BCUT2D eigenvalue weighted by molar-refractivity contribution is 0.0922. The first-order chi connectivity index (χ1) is 21.3. The molecule has 0 saturated carbocycles. The van der Waals surface area contributed by atoms with Crippen molar-refractivity contribution in [1.29, 1.82) is 0 Å². The number of aromatic nitrogens is 1. The third-order valence-electron chi connectivity index (χ3n) is 9.80. The van der Waals surface area contributed by atoms with Gasteiger partial charge in [-0.05, 0) is 94.1 Å². The monoisotopic (exact) mass is 595 g/mol. The molecule has 3 fully saturated rings. The highest BCUT2D eigenvalue weighted by Crippen LogP contribution is 2.38. The van der Waals surface area contributed by atoms with Crippen LogP contribution in [0, 0.1) is 6.92 Å². The zero-order chi connectivity index (χ0) is 30.8. The van der Waals surface area contributed by atoms with Crippen molar-refractivity contribution >= 4 is 29.0 Å². The first-order valence-corrected chi connectivity index (χ1v) is 16.0. The smallest absolute Gasteiger partial charge is 0.253 e. The molecule has 4 heterocycles. The molecular weight excluding hydrogens is 550 g/mol. The van der Waals surface area contributed by atoms with Crippen molar-refractivity contribution in [1.82, 2.24) is 20.5 Å². The van der Waals surface area contributed by atoms with Crippen LogP contribution in [0.15, 0.2) is 60.8 Å². The quantitative estimate of drug-likeness (QED) is 0.351. The van der Waals surface area contributed by atoms with Crippen LogP contribution in [0.5, 0.6) is 0 Å². The van der Waals surface area contributed by atoms with Crippen LogP contribution in [0.2, 0.25) is 0 Å². The van der Waals surface area contributed by atoms with Gasteiger partial charge in [-0.1, -0.05) is 18.2 Å². The lowest BCUT2D eigenvalue weighted by atomic mass is 9.96. The van der Waals surface area contributed by atoms with Crippen molar-refractivity contribution in [3.8, 4) is 0 Å².